The second kappa shape index (κ2) is 5.76. The Kier molecular flexibility index (Phi) is 3.87. The van der Waals surface area contributed by atoms with E-state index in [1.807, 2.05) is 18.2 Å². The third kappa shape index (κ3) is 2.39. The van der Waals surface area contributed by atoms with Crippen molar-refractivity contribution in [3.8, 4) is 5.75 Å². The van der Waals surface area contributed by atoms with E-state index in [4.69, 9.17) is 16.3 Å². The number of hydrogen-bond donors (Lipinski definition) is 1. The largest absolute Gasteiger partial charge is 0.480 e. The molecule has 2 heterocycles. The van der Waals surface area contributed by atoms with Crippen LogP contribution in [0.5, 0.6) is 5.75 Å². The molecule has 1 fully saturated rings. The second-order valence-corrected chi connectivity index (χ2v) is 7.32. The Balaban J connectivity index is 1.85. The van der Waals surface area contributed by atoms with Crippen LogP contribution in [0.2, 0.25) is 5.02 Å². The SMILES string of the molecule is Fc1cc2c(c(Br)c1Cl)C[C@](c1ccccc1)([C@H]1CCCN1)O2. The van der Waals surface area contributed by atoms with Crippen LogP contribution in [-0.4, -0.2) is 12.6 Å². The highest BCUT2D eigenvalue weighted by molar-refractivity contribution is 9.10. The molecular weight excluding hydrogens is 381 g/mol. The maximum atomic E-state index is 14.0. The Hall–Kier alpha value is -1.10. The minimum Gasteiger partial charge on any atom is -0.480 e. The summed E-state index contributed by atoms with van der Waals surface area (Å²) in [6, 6.07) is 11.8. The van der Waals surface area contributed by atoms with Crippen LogP contribution in [0, 0.1) is 5.82 Å². The molecule has 5 heteroatoms. The molecule has 0 bridgehead atoms. The van der Waals surface area contributed by atoms with Crippen LogP contribution < -0.4 is 10.1 Å². The van der Waals surface area contributed by atoms with Gasteiger partial charge in [0.05, 0.1) is 11.1 Å². The lowest BCUT2D eigenvalue weighted by atomic mass is 9.82. The van der Waals surface area contributed by atoms with E-state index in [1.54, 1.807) is 0 Å². The maximum Gasteiger partial charge on any atom is 0.153 e. The van der Waals surface area contributed by atoms with Gasteiger partial charge >= 0.3 is 0 Å². The van der Waals surface area contributed by atoms with E-state index in [0.29, 0.717) is 16.6 Å². The summed E-state index contributed by atoms with van der Waals surface area (Å²) in [4.78, 5) is 0. The normalized spacial score (nSPS) is 26.1. The summed E-state index contributed by atoms with van der Waals surface area (Å²) < 4.78 is 21.0. The third-order valence-corrected chi connectivity index (χ3v) is 6.31. The fourth-order valence-electron chi connectivity index (χ4n) is 3.72. The molecule has 1 N–H and O–H groups in total. The van der Waals surface area contributed by atoms with Gasteiger partial charge in [0.15, 0.2) is 5.60 Å². The lowest BCUT2D eigenvalue weighted by Crippen LogP contribution is -2.48. The topological polar surface area (TPSA) is 21.3 Å². The highest BCUT2D eigenvalue weighted by atomic mass is 79.9. The van der Waals surface area contributed by atoms with Gasteiger partial charge in [-0.15, -0.1) is 0 Å². The summed E-state index contributed by atoms with van der Waals surface area (Å²) in [7, 11) is 0. The molecule has 0 spiro atoms. The van der Waals surface area contributed by atoms with Gasteiger partial charge in [-0.2, -0.15) is 0 Å². The molecule has 2 atom stereocenters. The zero-order valence-electron chi connectivity index (χ0n) is 12.4. The molecule has 23 heavy (non-hydrogen) atoms. The van der Waals surface area contributed by atoms with Crippen molar-refractivity contribution in [2.75, 3.05) is 6.54 Å². The van der Waals surface area contributed by atoms with Crippen LogP contribution in [0.25, 0.3) is 0 Å². The molecule has 2 aliphatic rings. The highest BCUT2D eigenvalue weighted by Crippen LogP contribution is 2.49. The van der Waals surface area contributed by atoms with E-state index in [2.05, 4.69) is 33.4 Å². The molecule has 2 aromatic carbocycles. The van der Waals surface area contributed by atoms with Gasteiger partial charge in [-0.05, 0) is 40.9 Å². The molecule has 1 saturated heterocycles. The number of halogens is 3. The van der Waals surface area contributed by atoms with Crippen molar-refractivity contribution in [3.63, 3.8) is 0 Å². The van der Waals surface area contributed by atoms with Gasteiger partial charge < -0.3 is 10.1 Å². The lowest BCUT2D eigenvalue weighted by Gasteiger charge is -2.35. The number of fused-ring (bicyclic) bond motifs is 1. The first kappa shape index (κ1) is 15.4. The molecular formula is C18H16BrClFNO. The first-order chi connectivity index (χ1) is 11.1. The van der Waals surface area contributed by atoms with E-state index in [1.165, 1.54) is 6.07 Å². The first-order valence-corrected chi connectivity index (χ1v) is 8.93. The average Bonchev–Trinajstić information content (AvgIpc) is 3.22. The van der Waals surface area contributed by atoms with Crippen molar-refractivity contribution in [2.24, 2.45) is 0 Å². The Morgan fingerprint density at radius 2 is 2.09 bits per heavy atom. The molecule has 120 valence electrons. The van der Waals surface area contributed by atoms with E-state index in [9.17, 15) is 4.39 Å². The molecule has 2 aliphatic heterocycles. The van der Waals surface area contributed by atoms with Crippen LogP contribution in [-0.2, 0) is 12.0 Å². The minimum atomic E-state index is -0.514. The van der Waals surface area contributed by atoms with Crippen molar-refractivity contribution in [2.45, 2.75) is 30.9 Å². The van der Waals surface area contributed by atoms with Gasteiger partial charge in [0.2, 0.25) is 0 Å². The highest BCUT2D eigenvalue weighted by Gasteiger charge is 2.49. The number of hydrogen-bond acceptors (Lipinski definition) is 2. The molecule has 2 aromatic rings. The van der Waals surface area contributed by atoms with Crippen molar-refractivity contribution in [1.29, 1.82) is 0 Å². The summed E-state index contributed by atoms with van der Waals surface area (Å²) in [5, 5.41) is 3.68. The Morgan fingerprint density at radius 1 is 1.30 bits per heavy atom. The van der Waals surface area contributed by atoms with Crippen LogP contribution in [0.15, 0.2) is 40.9 Å². The van der Waals surface area contributed by atoms with Gasteiger partial charge in [0, 0.05) is 22.5 Å². The standard InChI is InChI=1S/C18H16BrClFNO/c19-16-12-10-18(15-7-4-8-22-15,11-5-2-1-3-6-11)23-14(12)9-13(21)17(16)20/h1-3,5-6,9,15,22H,4,7-8,10H2/t15-,18+/m1/s1. The summed E-state index contributed by atoms with van der Waals surface area (Å²) in [5.74, 6) is 0.122. The van der Waals surface area contributed by atoms with E-state index in [-0.39, 0.29) is 11.1 Å². The maximum absolute atomic E-state index is 14.0. The average molecular weight is 397 g/mol. The van der Waals surface area contributed by atoms with Crippen LogP contribution in [0.3, 0.4) is 0 Å². The minimum absolute atomic E-state index is 0.121. The predicted octanol–water partition coefficient (Wildman–Crippen LogP) is 4.82. The van der Waals surface area contributed by atoms with Crippen LogP contribution >= 0.6 is 27.5 Å². The summed E-state index contributed by atoms with van der Waals surface area (Å²) in [6.07, 6.45) is 2.83. The van der Waals surface area contributed by atoms with Gasteiger partial charge in [0.25, 0.3) is 0 Å². The van der Waals surface area contributed by atoms with Gasteiger partial charge in [-0.25, -0.2) is 4.39 Å². The molecule has 0 amide bonds. The van der Waals surface area contributed by atoms with Crippen LogP contribution in [0.1, 0.15) is 24.0 Å². The number of benzene rings is 2. The Bertz CT molecular complexity index is 748. The van der Waals surface area contributed by atoms with Crippen molar-refractivity contribution >= 4 is 27.5 Å². The smallest absolute Gasteiger partial charge is 0.153 e. The lowest BCUT2D eigenvalue weighted by molar-refractivity contribution is 0.0539. The molecule has 2 nitrogen and oxygen atoms in total. The zero-order chi connectivity index (χ0) is 16.0. The van der Waals surface area contributed by atoms with Crippen LogP contribution in [0.4, 0.5) is 4.39 Å². The molecule has 0 saturated carbocycles. The summed E-state index contributed by atoms with van der Waals surface area (Å²) in [6.45, 7) is 0.981. The van der Waals surface area contributed by atoms with Gasteiger partial charge in [-0.3, -0.25) is 0 Å². The summed E-state index contributed by atoms with van der Waals surface area (Å²) >= 11 is 9.51. The fourth-order valence-corrected chi connectivity index (χ4v) is 4.41. The quantitative estimate of drug-likeness (QED) is 0.735. The van der Waals surface area contributed by atoms with E-state index < -0.39 is 11.4 Å². The van der Waals surface area contributed by atoms with Gasteiger partial charge in [0.1, 0.15) is 11.6 Å². The first-order valence-electron chi connectivity index (χ1n) is 7.76. The number of rotatable bonds is 2. The van der Waals surface area contributed by atoms with Crippen molar-refractivity contribution < 1.29 is 9.13 Å². The van der Waals surface area contributed by atoms with Crippen molar-refractivity contribution in [1.82, 2.24) is 5.32 Å². The second-order valence-electron chi connectivity index (χ2n) is 6.15. The third-order valence-electron chi connectivity index (χ3n) is 4.84. The van der Waals surface area contributed by atoms with E-state index >= 15 is 0 Å². The molecule has 4 rings (SSSR count). The molecule has 0 radical (unpaired) electrons. The molecule has 0 aliphatic carbocycles. The fraction of sp³-hybridized carbons (Fsp3) is 0.333. The molecule has 0 unspecified atom stereocenters. The number of ether oxygens (including phenoxy) is 1. The predicted molar refractivity (Wildman–Crippen MR) is 92.6 cm³/mol. The van der Waals surface area contributed by atoms with Gasteiger partial charge in [-0.1, -0.05) is 41.9 Å². The zero-order valence-corrected chi connectivity index (χ0v) is 14.8. The molecule has 0 aromatic heterocycles. The summed E-state index contributed by atoms with van der Waals surface area (Å²) in [5.41, 5.74) is 1.53. The Labute approximate surface area is 148 Å². The van der Waals surface area contributed by atoms with E-state index in [0.717, 1.165) is 30.5 Å². The van der Waals surface area contributed by atoms with Crippen molar-refractivity contribution in [3.05, 3.63) is 62.8 Å². The Morgan fingerprint density at radius 3 is 2.78 bits per heavy atom. The number of nitrogens with one attached hydrogen (secondary N) is 1. The monoisotopic (exact) mass is 395 g/mol.